The lowest BCUT2D eigenvalue weighted by Crippen LogP contribution is -2.30. The maximum Gasteiger partial charge on any atom is 0.306 e. The number of hydrogen-bond acceptors (Lipinski definition) is 6. The molecule has 1 atom stereocenters. The number of rotatable bonds is 58. The molecule has 69 heavy (non-hydrogen) atoms. The first-order valence-corrected chi connectivity index (χ1v) is 31.4. The molecule has 0 bridgehead atoms. The Hall–Kier alpha value is -1.59. The highest BCUT2D eigenvalue weighted by molar-refractivity contribution is 5.71. The summed E-state index contributed by atoms with van der Waals surface area (Å²) >= 11 is 0. The van der Waals surface area contributed by atoms with Gasteiger partial charge in [0.25, 0.3) is 0 Å². The third-order valence-corrected chi connectivity index (χ3v) is 14.5. The summed E-state index contributed by atoms with van der Waals surface area (Å²) in [5, 5.41) is 0. The molecule has 6 nitrogen and oxygen atoms in total. The van der Waals surface area contributed by atoms with Gasteiger partial charge in [-0.2, -0.15) is 0 Å². The van der Waals surface area contributed by atoms with E-state index in [1.54, 1.807) is 0 Å². The van der Waals surface area contributed by atoms with Crippen LogP contribution in [0.1, 0.15) is 362 Å². The Morgan fingerprint density at radius 3 is 0.710 bits per heavy atom. The lowest BCUT2D eigenvalue weighted by molar-refractivity contribution is -0.167. The summed E-state index contributed by atoms with van der Waals surface area (Å²) in [5.41, 5.74) is 0. The maximum atomic E-state index is 12.9. The van der Waals surface area contributed by atoms with Crippen LogP contribution >= 0.6 is 0 Å². The Balaban J connectivity index is 4.28. The van der Waals surface area contributed by atoms with Crippen LogP contribution < -0.4 is 0 Å². The first-order chi connectivity index (χ1) is 33.9. The van der Waals surface area contributed by atoms with Gasteiger partial charge >= 0.3 is 17.9 Å². The molecule has 0 aromatic heterocycles. The smallest absolute Gasteiger partial charge is 0.306 e. The maximum absolute atomic E-state index is 12.9. The summed E-state index contributed by atoms with van der Waals surface area (Å²) in [5.74, 6) is 0.00432. The van der Waals surface area contributed by atoms with Crippen molar-refractivity contribution in [2.24, 2.45) is 5.92 Å². The van der Waals surface area contributed by atoms with E-state index in [0.29, 0.717) is 19.3 Å². The van der Waals surface area contributed by atoms with Crippen molar-refractivity contribution < 1.29 is 28.6 Å². The van der Waals surface area contributed by atoms with Crippen LogP contribution in [0.3, 0.4) is 0 Å². The minimum atomic E-state index is -0.763. The molecule has 0 aliphatic carbocycles. The minimum absolute atomic E-state index is 0.0614. The van der Waals surface area contributed by atoms with Crippen LogP contribution in [0.2, 0.25) is 0 Å². The zero-order valence-electron chi connectivity index (χ0n) is 47.3. The zero-order valence-corrected chi connectivity index (χ0v) is 47.3. The number of unbranched alkanes of at least 4 members (excludes halogenated alkanes) is 45. The molecule has 0 saturated heterocycles. The number of hydrogen-bond donors (Lipinski definition) is 0. The predicted molar refractivity (Wildman–Crippen MR) is 298 cm³/mol. The average molecular weight is 976 g/mol. The van der Waals surface area contributed by atoms with Gasteiger partial charge in [0, 0.05) is 19.3 Å². The minimum Gasteiger partial charge on any atom is -0.462 e. The molecule has 0 amide bonds. The molecule has 0 aliphatic heterocycles. The molecule has 0 spiro atoms. The second kappa shape index (κ2) is 57.3. The third kappa shape index (κ3) is 57.2. The molecule has 0 saturated carbocycles. The van der Waals surface area contributed by atoms with E-state index >= 15 is 0 Å². The van der Waals surface area contributed by atoms with E-state index in [1.807, 2.05) is 0 Å². The molecule has 0 aromatic carbocycles. The Kier molecular flexibility index (Phi) is 56.0. The summed E-state index contributed by atoms with van der Waals surface area (Å²) in [6.45, 7) is 9.08. The molecule has 0 aromatic rings. The average Bonchev–Trinajstić information content (AvgIpc) is 3.34. The fourth-order valence-corrected chi connectivity index (χ4v) is 9.81. The Morgan fingerprint density at radius 2 is 0.478 bits per heavy atom. The van der Waals surface area contributed by atoms with Crippen molar-refractivity contribution >= 4 is 17.9 Å². The number of esters is 3. The van der Waals surface area contributed by atoms with Crippen LogP contribution in [-0.4, -0.2) is 37.2 Å². The van der Waals surface area contributed by atoms with Gasteiger partial charge in [-0.3, -0.25) is 14.4 Å². The zero-order chi connectivity index (χ0) is 50.2. The summed E-state index contributed by atoms with van der Waals surface area (Å²) in [4.78, 5) is 38.3. The van der Waals surface area contributed by atoms with Crippen molar-refractivity contribution in [2.75, 3.05) is 13.2 Å². The molecule has 0 rings (SSSR count). The fourth-order valence-electron chi connectivity index (χ4n) is 9.81. The van der Waals surface area contributed by atoms with E-state index in [4.69, 9.17) is 14.2 Å². The number of carbonyl (C=O) groups is 3. The summed E-state index contributed by atoms with van der Waals surface area (Å²) in [6, 6.07) is 0. The molecule has 0 fully saturated rings. The molecule has 6 heteroatoms. The van der Waals surface area contributed by atoms with Gasteiger partial charge in [-0.1, -0.05) is 323 Å². The van der Waals surface area contributed by atoms with Gasteiger partial charge in [0.2, 0.25) is 0 Å². The third-order valence-electron chi connectivity index (χ3n) is 14.5. The molecule has 410 valence electrons. The first kappa shape index (κ1) is 67.4. The Bertz CT molecular complexity index is 1040. The van der Waals surface area contributed by atoms with Crippen LogP contribution in [-0.2, 0) is 28.6 Å². The van der Waals surface area contributed by atoms with Gasteiger partial charge in [0.1, 0.15) is 13.2 Å². The van der Waals surface area contributed by atoms with E-state index in [-0.39, 0.29) is 31.1 Å². The number of carbonyl (C=O) groups excluding carboxylic acids is 3. The summed E-state index contributed by atoms with van der Waals surface area (Å²) in [6.07, 6.45) is 63.9. The monoisotopic (exact) mass is 975 g/mol. The molecule has 0 N–H and O–H groups in total. The SMILES string of the molecule is CCCCCCCCCCCCCCCCCCCCCC(=O)O[C@@H](COC(=O)CCCCCCCCCCCCCCCCCCC)COC(=O)CCCCCCCCCCCCCCC(C)C. The Labute approximate surface area is 431 Å². The standard InChI is InChI=1S/C63H122O6/c1-5-7-9-11-13-15-17-19-21-23-24-26-28-30-36-40-44-48-52-56-63(66)69-60(58-68-62(65)55-51-47-43-39-35-32-31-33-37-41-45-49-53-59(3)4)57-67-61(64)54-50-46-42-38-34-29-27-25-22-20-18-16-14-12-10-8-6-2/h59-60H,5-58H2,1-4H3/t60-/m0/s1. The van der Waals surface area contributed by atoms with E-state index < -0.39 is 6.10 Å². The second-order valence-electron chi connectivity index (χ2n) is 22.2. The molecule has 0 heterocycles. The van der Waals surface area contributed by atoms with E-state index in [9.17, 15) is 14.4 Å². The van der Waals surface area contributed by atoms with Gasteiger partial charge in [-0.15, -0.1) is 0 Å². The van der Waals surface area contributed by atoms with Crippen LogP contribution in [0.25, 0.3) is 0 Å². The second-order valence-corrected chi connectivity index (χ2v) is 22.2. The van der Waals surface area contributed by atoms with E-state index in [2.05, 4.69) is 27.7 Å². The van der Waals surface area contributed by atoms with Crippen LogP contribution in [0, 0.1) is 5.92 Å². The first-order valence-electron chi connectivity index (χ1n) is 31.4. The lowest BCUT2D eigenvalue weighted by atomic mass is 10.0. The van der Waals surface area contributed by atoms with Gasteiger partial charge in [0.05, 0.1) is 0 Å². The fraction of sp³-hybridized carbons (Fsp3) is 0.952. The van der Waals surface area contributed by atoms with Gasteiger partial charge < -0.3 is 14.2 Å². The molecular formula is C63H122O6. The molecule has 0 radical (unpaired) electrons. The van der Waals surface area contributed by atoms with Crippen LogP contribution in [0.5, 0.6) is 0 Å². The highest BCUT2D eigenvalue weighted by Crippen LogP contribution is 2.19. The van der Waals surface area contributed by atoms with Gasteiger partial charge in [-0.25, -0.2) is 0 Å². The van der Waals surface area contributed by atoms with Crippen molar-refractivity contribution in [3.8, 4) is 0 Å². The topological polar surface area (TPSA) is 78.9 Å². The van der Waals surface area contributed by atoms with Crippen molar-refractivity contribution in [3.63, 3.8) is 0 Å². The van der Waals surface area contributed by atoms with Crippen molar-refractivity contribution in [1.29, 1.82) is 0 Å². The lowest BCUT2D eigenvalue weighted by Gasteiger charge is -2.18. The van der Waals surface area contributed by atoms with Gasteiger partial charge in [0.15, 0.2) is 6.10 Å². The molecule has 0 unspecified atom stereocenters. The largest absolute Gasteiger partial charge is 0.462 e. The molecule has 0 aliphatic rings. The van der Waals surface area contributed by atoms with E-state index in [1.165, 1.54) is 257 Å². The quantitative estimate of drug-likeness (QED) is 0.0343. The van der Waals surface area contributed by atoms with Crippen molar-refractivity contribution in [3.05, 3.63) is 0 Å². The van der Waals surface area contributed by atoms with Crippen LogP contribution in [0.15, 0.2) is 0 Å². The van der Waals surface area contributed by atoms with Crippen molar-refractivity contribution in [1.82, 2.24) is 0 Å². The summed E-state index contributed by atoms with van der Waals surface area (Å²) < 4.78 is 16.9. The van der Waals surface area contributed by atoms with E-state index in [0.717, 1.165) is 63.7 Å². The Morgan fingerprint density at radius 1 is 0.275 bits per heavy atom. The summed E-state index contributed by atoms with van der Waals surface area (Å²) in [7, 11) is 0. The highest BCUT2D eigenvalue weighted by atomic mass is 16.6. The van der Waals surface area contributed by atoms with Crippen LogP contribution in [0.4, 0.5) is 0 Å². The predicted octanol–water partition coefficient (Wildman–Crippen LogP) is 21.0. The number of ether oxygens (including phenoxy) is 3. The normalized spacial score (nSPS) is 12.0. The molecular weight excluding hydrogens is 853 g/mol. The van der Waals surface area contributed by atoms with Crippen molar-refractivity contribution in [2.45, 2.75) is 368 Å². The van der Waals surface area contributed by atoms with Gasteiger partial charge in [-0.05, 0) is 25.2 Å². The highest BCUT2D eigenvalue weighted by Gasteiger charge is 2.19.